The smallest absolute Gasteiger partial charge is 0.326 e. The van der Waals surface area contributed by atoms with Gasteiger partial charge in [-0.1, -0.05) is 89.3 Å². The van der Waals surface area contributed by atoms with Crippen LogP contribution in [-0.4, -0.2) is 58.6 Å². The van der Waals surface area contributed by atoms with Gasteiger partial charge >= 0.3 is 5.97 Å². The second-order valence-electron chi connectivity index (χ2n) is 12.1. The number of thiophene rings is 1. The molecule has 2 amide bonds. The molecule has 4 aromatic rings. The van der Waals surface area contributed by atoms with Crippen molar-refractivity contribution >= 4 is 34.1 Å². The molecule has 0 aliphatic carbocycles. The number of benzene rings is 2. The number of anilines is 1. The van der Waals surface area contributed by atoms with Crippen LogP contribution >= 0.6 is 11.3 Å². The largest absolute Gasteiger partial charge is 0.494 e. The molecule has 0 saturated heterocycles. The Morgan fingerprint density at radius 3 is 2.12 bits per heavy atom. The molecule has 4 rings (SSSR count). The van der Waals surface area contributed by atoms with Crippen molar-refractivity contribution in [1.29, 1.82) is 0 Å². The first-order valence-electron chi connectivity index (χ1n) is 17.0. The predicted octanol–water partition coefficient (Wildman–Crippen LogP) is 7.22. The number of ether oxygens (including phenoxy) is 1. The van der Waals surface area contributed by atoms with Crippen molar-refractivity contribution in [3.63, 3.8) is 0 Å². The second-order valence-corrected chi connectivity index (χ2v) is 13.2. The Labute approximate surface area is 292 Å². The second kappa shape index (κ2) is 18.7. The van der Waals surface area contributed by atoms with Gasteiger partial charge in [0.1, 0.15) is 17.8 Å². The maximum Gasteiger partial charge on any atom is 0.326 e. The zero-order valence-corrected chi connectivity index (χ0v) is 29.5. The van der Waals surface area contributed by atoms with Crippen LogP contribution in [0.3, 0.4) is 0 Å². The number of aromatic nitrogens is 2. The van der Waals surface area contributed by atoms with Crippen molar-refractivity contribution in [2.45, 2.75) is 77.8 Å². The average molecular weight is 686 g/mol. The lowest BCUT2D eigenvalue weighted by Gasteiger charge is -2.24. The molecule has 0 aliphatic heterocycles. The molecule has 3 atom stereocenters. The summed E-state index contributed by atoms with van der Waals surface area (Å²) in [5, 5.41) is 19.0. The fraction of sp³-hybridized carbons (Fsp3) is 0.395. The summed E-state index contributed by atoms with van der Waals surface area (Å²) in [6, 6.07) is 16.8. The monoisotopic (exact) mass is 685 g/mol. The number of hydrogen-bond donors (Lipinski definition) is 4. The third-order valence-electron chi connectivity index (χ3n) is 8.48. The predicted molar refractivity (Wildman–Crippen MR) is 195 cm³/mol. The van der Waals surface area contributed by atoms with E-state index in [0.29, 0.717) is 17.1 Å². The number of nitrogens with one attached hydrogen (secondary N) is 3. The van der Waals surface area contributed by atoms with E-state index in [0.717, 1.165) is 46.0 Å². The van der Waals surface area contributed by atoms with E-state index in [4.69, 9.17) is 4.74 Å². The Kier molecular flexibility index (Phi) is 14.1. The molecule has 0 spiro atoms. The summed E-state index contributed by atoms with van der Waals surface area (Å²) in [6.45, 7) is 6.57. The number of nitrogens with zero attached hydrogens (tertiary/aromatic N) is 2. The Bertz CT molecular complexity index is 1640. The van der Waals surface area contributed by atoms with Gasteiger partial charge in [-0.15, -0.1) is 11.3 Å². The molecular formula is C38H47N5O5S. The van der Waals surface area contributed by atoms with E-state index in [2.05, 4.69) is 32.8 Å². The summed E-state index contributed by atoms with van der Waals surface area (Å²) in [7, 11) is 1.76. The minimum Gasteiger partial charge on any atom is -0.494 e. The highest BCUT2D eigenvalue weighted by molar-refractivity contribution is 7.17. The molecule has 2 aromatic heterocycles. The summed E-state index contributed by atoms with van der Waals surface area (Å²) in [6.07, 6.45) is 10.3. The van der Waals surface area contributed by atoms with Gasteiger partial charge in [0.2, 0.25) is 5.91 Å². The molecule has 49 heavy (non-hydrogen) atoms. The fourth-order valence-electron chi connectivity index (χ4n) is 5.26. The third kappa shape index (κ3) is 10.9. The van der Waals surface area contributed by atoms with Crippen molar-refractivity contribution in [3.8, 4) is 28.3 Å². The van der Waals surface area contributed by atoms with Gasteiger partial charge in [0, 0.05) is 37.0 Å². The quantitative estimate of drug-likeness (QED) is 0.0758. The van der Waals surface area contributed by atoms with Gasteiger partial charge in [-0.3, -0.25) is 9.59 Å². The first kappa shape index (κ1) is 37.1. The standard InChI is InChI=1S/C38H47N5O5S/c1-5-7-8-9-10-21-48-30-17-15-27(16-18-30)29-23-40-35(41-24-29)28-13-11-26(12-14-28)22-31(36(44)43-34(38(46)47)25(3)6-2)42-37(45)32-19-20-33(39-4)49-32/h11-20,23-25,31,34,39H,5-10,21-22H2,1-4H3,(H,42,45)(H,43,44)(H,46,47)/t25-,31-,34+/m0/s1. The molecule has 2 heterocycles. The maximum atomic E-state index is 13.4. The molecule has 0 unspecified atom stereocenters. The van der Waals surface area contributed by atoms with E-state index in [1.54, 1.807) is 38.5 Å². The molecule has 0 bridgehead atoms. The van der Waals surface area contributed by atoms with Crippen LogP contribution in [0, 0.1) is 5.92 Å². The molecule has 10 nitrogen and oxygen atoms in total. The third-order valence-corrected chi connectivity index (χ3v) is 9.58. The lowest BCUT2D eigenvalue weighted by atomic mass is 9.98. The van der Waals surface area contributed by atoms with Crippen LogP contribution < -0.4 is 20.7 Å². The number of carboxylic acids is 1. The Hall–Kier alpha value is -4.77. The number of amides is 2. The lowest BCUT2D eigenvalue weighted by molar-refractivity contribution is -0.143. The topological polar surface area (TPSA) is 143 Å². The Balaban J connectivity index is 1.41. The summed E-state index contributed by atoms with van der Waals surface area (Å²) >= 11 is 1.26. The van der Waals surface area contributed by atoms with E-state index < -0.39 is 29.9 Å². The highest BCUT2D eigenvalue weighted by atomic mass is 32.1. The van der Waals surface area contributed by atoms with E-state index >= 15 is 0 Å². The molecule has 4 N–H and O–H groups in total. The van der Waals surface area contributed by atoms with Crippen LogP contribution in [0.25, 0.3) is 22.5 Å². The summed E-state index contributed by atoms with van der Waals surface area (Å²) < 4.78 is 5.89. The van der Waals surface area contributed by atoms with Gasteiger partial charge in [0.15, 0.2) is 5.82 Å². The summed E-state index contributed by atoms with van der Waals surface area (Å²) in [5.41, 5.74) is 3.46. The normalized spacial score (nSPS) is 12.8. The van der Waals surface area contributed by atoms with Gasteiger partial charge in [-0.05, 0) is 47.7 Å². The number of unbranched alkanes of at least 4 members (excludes halogenated alkanes) is 4. The van der Waals surface area contributed by atoms with Crippen LogP contribution in [0.5, 0.6) is 5.75 Å². The summed E-state index contributed by atoms with van der Waals surface area (Å²) in [5.74, 6) is -0.972. The molecule has 0 fully saturated rings. The van der Waals surface area contributed by atoms with E-state index in [1.807, 2.05) is 55.5 Å². The average Bonchev–Trinajstić information content (AvgIpc) is 3.62. The van der Waals surface area contributed by atoms with E-state index in [9.17, 15) is 19.5 Å². The van der Waals surface area contributed by atoms with Gasteiger partial charge in [-0.25, -0.2) is 14.8 Å². The van der Waals surface area contributed by atoms with Gasteiger partial charge in [0.25, 0.3) is 5.91 Å². The number of carboxylic acid groups (broad SMARTS) is 1. The van der Waals surface area contributed by atoms with E-state index in [1.165, 1.54) is 37.0 Å². The number of carbonyl (C=O) groups excluding carboxylic acids is 2. The number of rotatable bonds is 19. The van der Waals surface area contributed by atoms with Gasteiger partial charge < -0.3 is 25.8 Å². The van der Waals surface area contributed by atoms with Crippen molar-refractivity contribution < 1.29 is 24.2 Å². The molecule has 0 saturated carbocycles. The SMILES string of the molecule is CCCCCCCOc1ccc(-c2cnc(-c3ccc(C[C@H](NC(=O)c4ccc(NC)s4)C(=O)N[C@@H](C(=O)O)[C@@H](C)CC)cc3)nc2)cc1. The van der Waals surface area contributed by atoms with Crippen molar-refractivity contribution in [2.75, 3.05) is 19.0 Å². The maximum absolute atomic E-state index is 13.4. The fourth-order valence-corrected chi connectivity index (χ4v) is 6.02. The van der Waals surface area contributed by atoms with Crippen LogP contribution in [0.2, 0.25) is 0 Å². The van der Waals surface area contributed by atoms with Crippen LogP contribution in [0.15, 0.2) is 73.1 Å². The van der Waals surface area contributed by atoms with Crippen LogP contribution in [0.1, 0.15) is 74.5 Å². The molecular weight excluding hydrogens is 639 g/mol. The van der Waals surface area contributed by atoms with Crippen LogP contribution in [-0.2, 0) is 16.0 Å². The van der Waals surface area contributed by atoms with Crippen molar-refractivity contribution in [1.82, 2.24) is 20.6 Å². The first-order chi connectivity index (χ1) is 23.7. The van der Waals surface area contributed by atoms with Crippen molar-refractivity contribution in [3.05, 3.63) is 83.5 Å². The molecule has 0 radical (unpaired) electrons. The van der Waals surface area contributed by atoms with Gasteiger partial charge in [-0.2, -0.15) is 0 Å². The minimum absolute atomic E-state index is 0.160. The van der Waals surface area contributed by atoms with E-state index in [-0.39, 0.29) is 12.3 Å². The zero-order valence-electron chi connectivity index (χ0n) is 28.7. The van der Waals surface area contributed by atoms with Crippen molar-refractivity contribution in [2.24, 2.45) is 5.92 Å². The molecule has 0 aliphatic rings. The Morgan fingerprint density at radius 1 is 0.837 bits per heavy atom. The van der Waals surface area contributed by atoms with Crippen LogP contribution in [0.4, 0.5) is 5.00 Å². The molecule has 11 heteroatoms. The minimum atomic E-state index is -1.12. The zero-order chi connectivity index (χ0) is 35.2. The molecule has 2 aromatic carbocycles. The molecule has 260 valence electrons. The number of carbonyl (C=O) groups is 3. The van der Waals surface area contributed by atoms with Gasteiger partial charge in [0.05, 0.1) is 16.5 Å². The number of hydrogen-bond acceptors (Lipinski definition) is 8. The lowest BCUT2D eigenvalue weighted by Crippen LogP contribution is -2.54. The first-order valence-corrected chi connectivity index (χ1v) is 17.8. The number of aliphatic carboxylic acids is 1. The summed E-state index contributed by atoms with van der Waals surface area (Å²) in [4.78, 5) is 48.1. The highest BCUT2D eigenvalue weighted by Crippen LogP contribution is 2.24. The Morgan fingerprint density at radius 2 is 1.51 bits per heavy atom. The highest BCUT2D eigenvalue weighted by Gasteiger charge is 2.30.